The molecule has 26 heavy (non-hydrogen) atoms. The lowest BCUT2D eigenvalue weighted by molar-refractivity contribution is -0.115. The van der Waals surface area contributed by atoms with E-state index in [0.29, 0.717) is 6.42 Å². The fraction of sp³-hybridized carbons (Fsp3) is 0.190. The number of nitrogens with one attached hydrogen (secondary N) is 1. The number of carbonyl (C=O) groups excluding carboxylic acids is 1. The summed E-state index contributed by atoms with van der Waals surface area (Å²) in [5.74, 6) is -0.0462. The fourth-order valence-electron chi connectivity index (χ4n) is 2.82. The predicted molar refractivity (Wildman–Crippen MR) is 105 cm³/mol. The molecule has 0 atom stereocenters. The second-order valence-electron chi connectivity index (χ2n) is 6.21. The van der Waals surface area contributed by atoms with Crippen molar-refractivity contribution in [1.29, 1.82) is 0 Å². The van der Waals surface area contributed by atoms with E-state index in [-0.39, 0.29) is 5.91 Å². The van der Waals surface area contributed by atoms with Crippen LogP contribution in [0, 0.1) is 13.8 Å². The van der Waals surface area contributed by atoms with Gasteiger partial charge in [-0.25, -0.2) is 0 Å². The van der Waals surface area contributed by atoms with Gasteiger partial charge in [0.05, 0.1) is 17.8 Å². The van der Waals surface area contributed by atoms with Crippen molar-refractivity contribution in [1.82, 2.24) is 14.8 Å². The minimum absolute atomic E-state index is 0.0462. The molecule has 3 rings (SSSR count). The van der Waals surface area contributed by atoms with E-state index in [1.165, 1.54) is 0 Å². The topological polar surface area (TPSA) is 59.8 Å². The molecule has 0 radical (unpaired) electrons. The van der Waals surface area contributed by atoms with Crippen LogP contribution in [0.25, 0.3) is 12.2 Å². The maximum atomic E-state index is 12.4. The van der Waals surface area contributed by atoms with Crippen molar-refractivity contribution in [2.45, 2.75) is 20.3 Å². The molecule has 2 heterocycles. The molecule has 5 heteroatoms. The van der Waals surface area contributed by atoms with Gasteiger partial charge in [-0.05, 0) is 49.8 Å². The average molecular weight is 346 g/mol. The van der Waals surface area contributed by atoms with Gasteiger partial charge in [0.1, 0.15) is 0 Å². The van der Waals surface area contributed by atoms with Crippen molar-refractivity contribution in [3.8, 4) is 0 Å². The van der Waals surface area contributed by atoms with Gasteiger partial charge < -0.3 is 5.32 Å². The zero-order valence-electron chi connectivity index (χ0n) is 15.2. The van der Waals surface area contributed by atoms with Crippen LogP contribution in [-0.2, 0) is 18.3 Å². The lowest BCUT2D eigenvalue weighted by Crippen LogP contribution is -2.15. The SMILES string of the molecule is Cc1nn(C)c(C)c1CC(=O)Nc1cccc(/C=C/c2ccccn2)c1. The van der Waals surface area contributed by atoms with Crippen LogP contribution in [0.2, 0.25) is 0 Å². The zero-order valence-corrected chi connectivity index (χ0v) is 15.2. The van der Waals surface area contributed by atoms with Crippen LogP contribution in [0.15, 0.2) is 48.7 Å². The number of aromatic nitrogens is 3. The molecule has 3 aromatic rings. The van der Waals surface area contributed by atoms with E-state index < -0.39 is 0 Å². The van der Waals surface area contributed by atoms with Crippen LogP contribution in [0.5, 0.6) is 0 Å². The van der Waals surface area contributed by atoms with Gasteiger partial charge in [0, 0.05) is 30.2 Å². The number of carbonyl (C=O) groups is 1. The largest absolute Gasteiger partial charge is 0.326 e. The Balaban J connectivity index is 1.68. The average Bonchev–Trinajstić information content (AvgIpc) is 2.87. The van der Waals surface area contributed by atoms with Crippen molar-refractivity contribution in [2.24, 2.45) is 7.05 Å². The highest BCUT2D eigenvalue weighted by molar-refractivity contribution is 5.93. The normalized spacial score (nSPS) is 11.0. The summed E-state index contributed by atoms with van der Waals surface area (Å²) in [7, 11) is 1.89. The summed E-state index contributed by atoms with van der Waals surface area (Å²) in [6.07, 6.45) is 6.01. The van der Waals surface area contributed by atoms with E-state index >= 15 is 0 Å². The first-order chi connectivity index (χ1) is 12.5. The van der Waals surface area contributed by atoms with Gasteiger partial charge >= 0.3 is 0 Å². The summed E-state index contributed by atoms with van der Waals surface area (Å²) in [5, 5.41) is 7.33. The summed E-state index contributed by atoms with van der Waals surface area (Å²) in [4.78, 5) is 16.7. The smallest absolute Gasteiger partial charge is 0.228 e. The number of anilines is 1. The van der Waals surface area contributed by atoms with Crippen LogP contribution >= 0.6 is 0 Å². The van der Waals surface area contributed by atoms with E-state index in [2.05, 4.69) is 15.4 Å². The van der Waals surface area contributed by atoms with Gasteiger partial charge in [-0.3, -0.25) is 14.5 Å². The summed E-state index contributed by atoms with van der Waals surface area (Å²) in [5.41, 5.74) is 5.57. The quantitative estimate of drug-likeness (QED) is 0.765. The number of aryl methyl sites for hydroxylation is 2. The lowest BCUT2D eigenvalue weighted by Gasteiger charge is -2.07. The van der Waals surface area contributed by atoms with Crippen LogP contribution in [0.3, 0.4) is 0 Å². The molecular weight excluding hydrogens is 324 g/mol. The molecule has 0 saturated carbocycles. The Morgan fingerprint density at radius 3 is 2.69 bits per heavy atom. The summed E-state index contributed by atoms with van der Waals surface area (Å²) >= 11 is 0. The molecule has 0 fully saturated rings. The molecule has 1 N–H and O–H groups in total. The van der Waals surface area contributed by atoms with Gasteiger partial charge in [0.25, 0.3) is 0 Å². The predicted octanol–water partition coefficient (Wildman–Crippen LogP) is 3.78. The van der Waals surface area contributed by atoms with Gasteiger partial charge in [-0.15, -0.1) is 0 Å². The molecule has 0 aliphatic rings. The van der Waals surface area contributed by atoms with Crippen molar-refractivity contribution < 1.29 is 4.79 Å². The van der Waals surface area contributed by atoms with Crippen molar-refractivity contribution in [3.05, 3.63) is 76.9 Å². The Bertz CT molecular complexity index is 942. The highest BCUT2D eigenvalue weighted by Crippen LogP contribution is 2.16. The Morgan fingerprint density at radius 2 is 2.00 bits per heavy atom. The minimum atomic E-state index is -0.0462. The van der Waals surface area contributed by atoms with E-state index in [4.69, 9.17) is 0 Å². The van der Waals surface area contributed by atoms with Crippen LogP contribution in [-0.4, -0.2) is 20.7 Å². The molecule has 5 nitrogen and oxygen atoms in total. The standard InChI is InChI=1S/C21H22N4O/c1-15-20(16(2)25(3)24-15)14-21(26)23-19-9-6-7-17(13-19)10-11-18-8-4-5-12-22-18/h4-13H,14H2,1-3H3,(H,23,26)/b11-10+. The number of benzene rings is 1. The van der Waals surface area contributed by atoms with Crippen LogP contribution in [0.4, 0.5) is 5.69 Å². The van der Waals surface area contributed by atoms with E-state index in [0.717, 1.165) is 33.9 Å². The summed E-state index contributed by atoms with van der Waals surface area (Å²) in [6.45, 7) is 3.91. The zero-order chi connectivity index (χ0) is 18.5. The number of nitrogens with zero attached hydrogens (tertiary/aromatic N) is 3. The van der Waals surface area contributed by atoms with Gasteiger partial charge in [-0.2, -0.15) is 5.10 Å². The third kappa shape index (κ3) is 4.25. The molecule has 2 aromatic heterocycles. The molecule has 132 valence electrons. The number of pyridine rings is 1. The molecule has 0 aliphatic heterocycles. The Labute approximate surface area is 153 Å². The van der Waals surface area contributed by atoms with E-state index in [1.54, 1.807) is 10.9 Å². The van der Waals surface area contributed by atoms with E-state index in [9.17, 15) is 4.79 Å². The first-order valence-electron chi connectivity index (χ1n) is 8.51. The molecule has 1 aromatic carbocycles. The van der Waals surface area contributed by atoms with Gasteiger partial charge in [-0.1, -0.05) is 24.3 Å². The Morgan fingerprint density at radius 1 is 1.15 bits per heavy atom. The molecular formula is C21H22N4O. The molecule has 0 bridgehead atoms. The third-order valence-electron chi connectivity index (χ3n) is 4.30. The van der Waals surface area contributed by atoms with Gasteiger partial charge in [0.2, 0.25) is 5.91 Å². The second kappa shape index (κ2) is 7.78. The lowest BCUT2D eigenvalue weighted by atomic mass is 10.1. The van der Waals surface area contributed by atoms with Crippen molar-refractivity contribution in [3.63, 3.8) is 0 Å². The van der Waals surface area contributed by atoms with Crippen molar-refractivity contribution >= 4 is 23.7 Å². The Hall–Kier alpha value is -3.21. The number of hydrogen-bond donors (Lipinski definition) is 1. The molecule has 0 aliphatic carbocycles. The fourth-order valence-corrected chi connectivity index (χ4v) is 2.82. The number of rotatable bonds is 5. The molecule has 0 saturated heterocycles. The van der Waals surface area contributed by atoms with Crippen LogP contribution < -0.4 is 5.32 Å². The van der Waals surface area contributed by atoms with Crippen molar-refractivity contribution in [2.75, 3.05) is 5.32 Å². The maximum absolute atomic E-state index is 12.4. The maximum Gasteiger partial charge on any atom is 0.228 e. The molecule has 0 spiro atoms. The molecule has 0 unspecified atom stereocenters. The minimum Gasteiger partial charge on any atom is -0.326 e. The van der Waals surface area contributed by atoms with E-state index in [1.807, 2.05) is 75.5 Å². The summed E-state index contributed by atoms with van der Waals surface area (Å²) < 4.78 is 1.81. The summed E-state index contributed by atoms with van der Waals surface area (Å²) in [6, 6.07) is 13.5. The number of hydrogen-bond acceptors (Lipinski definition) is 3. The number of amides is 1. The van der Waals surface area contributed by atoms with Gasteiger partial charge in [0.15, 0.2) is 0 Å². The first-order valence-corrected chi connectivity index (χ1v) is 8.51. The third-order valence-corrected chi connectivity index (χ3v) is 4.30. The van der Waals surface area contributed by atoms with Crippen LogP contribution in [0.1, 0.15) is 28.2 Å². The second-order valence-corrected chi connectivity index (χ2v) is 6.21. The highest BCUT2D eigenvalue weighted by Gasteiger charge is 2.13. The molecule has 1 amide bonds. The highest BCUT2D eigenvalue weighted by atomic mass is 16.1. The Kier molecular flexibility index (Phi) is 5.27. The first kappa shape index (κ1) is 17.6. The monoisotopic (exact) mass is 346 g/mol.